The van der Waals surface area contributed by atoms with Gasteiger partial charge in [0, 0.05) is 11.6 Å². The molecule has 0 bridgehead atoms. The molecule has 1 N–H and O–H groups in total. The van der Waals surface area contributed by atoms with Crippen molar-refractivity contribution in [2.45, 2.75) is 6.61 Å². The number of anilines is 1. The summed E-state index contributed by atoms with van der Waals surface area (Å²) in [6, 6.07) is 20.5. The van der Waals surface area contributed by atoms with Gasteiger partial charge in [0.25, 0.3) is 11.8 Å². The van der Waals surface area contributed by atoms with Crippen LogP contribution in [0.3, 0.4) is 0 Å². The maximum absolute atomic E-state index is 13.2. The quantitative estimate of drug-likeness (QED) is 0.479. The molecular weight excluding hydrogens is 424 g/mol. The van der Waals surface area contributed by atoms with Crippen LogP contribution in [-0.4, -0.2) is 24.6 Å². The van der Waals surface area contributed by atoms with Gasteiger partial charge in [0.2, 0.25) is 6.79 Å². The zero-order chi connectivity index (χ0) is 22.8. The number of carbonyl (C=O) groups excluding carboxylic acids is 3. The van der Waals surface area contributed by atoms with Crippen LogP contribution < -0.4 is 24.4 Å². The molecule has 0 radical (unpaired) electrons. The van der Waals surface area contributed by atoms with E-state index >= 15 is 0 Å². The second-order valence-electron chi connectivity index (χ2n) is 7.31. The second-order valence-corrected chi connectivity index (χ2v) is 7.31. The molecule has 1 fully saturated rings. The average molecular weight is 442 g/mol. The van der Waals surface area contributed by atoms with Crippen molar-refractivity contribution >= 4 is 29.6 Å². The summed E-state index contributed by atoms with van der Waals surface area (Å²) in [6.07, 6.45) is 1.42. The lowest BCUT2D eigenvalue weighted by atomic mass is 10.1. The molecule has 3 aromatic rings. The van der Waals surface area contributed by atoms with E-state index in [2.05, 4.69) is 5.32 Å². The number of rotatable bonds is 5. The number of nitrogens with one attached hydrogen (secondary N) is 1. The van der Waals surface area contributed by atoms with Crippen molar-refractivity contribution in [1.29, 1.82) is 0 Å². The molecule has 0 spiro atoms. The van der Waals surface area contributed by atoms with E-state index < -0.39 is 17.8 Å². The van der Waals surface area contributed by atoms with Gasteiger partial charge in [0.05, 0.1) is 5.69 Å². The number of carbonyl (C=O) groups is 3. The van der Waals surface area contributed by atoms with Crippen LogP contribution in [0.2, 0.25) is 0 Å². The van der Waals surface area contributed by atoms with Crippen LogP contribution in [0.5, 0.6) is 17.2 Å². The van der Waals surface area contributed by atoms with Gasteiger partial charge in [-0.05, 0) is 29.8 Å². The molecule has 33 heavy (non-hydrogen) atoms. The number of fused-ring (bicyclic) bond motifs is 1. The third-order valence-corrected chi connectivity index (χ3v) is 5.17. The summed E-state index contributed by atoms with van der Waals surface area (Å²) in [7, 11) is 0. The van der Waals surface area contributed by atoms with E-state index in [0.29, 0.717) is 29.4 Å². The molecule has 164 valence electrons. The van der Waals surface area contributed by atoms with Crippen molar-refractivity contribution in [3.8, 4) is 17.2 Å². The van der Waals surface area contributed by atoms with Gasteiger partial charge in [-0.3, -0.25) is 14.9 Å². The highest BCUT2D eigenvalue weighted by molar-refractivity contribution is 6.39. The molecule has 8 heteroatoms. The number of imide groups is 2. The molecule has 0 atom stereocenters. The third-order valence-electron chi connectivity index (χ3n) is 5.17. The fraction of sp³-hybridized carbons (Fsp3) is 0.0800. The van der Waals surface area contributed by atoms with Crippen LogP contribution >= 0.6 is 0 Å². The smallest absolute Gasteiger partial charge is 0.335 e. The summed E-state index contributed by atoms with van der Waals surface area (Å²) in [5.74, 6) is -0.101. The molecule has 4 amide bonds. The van der Waals surface area contributed by atoms with E-state index in [1.54, 1.807) is 36.4 Å². The van der Waals surface area contributed by atoms with Crippen LogP contribution in [0.1, 0.15) is 11.1 Å². The number of nitrogens with zero attached hydrogens (tertiary/aromatic N) is 1. The molecule has 3 aromatic carbocycles. The van der Waals surface area contributed by atoms with Crippen LogP contribution in [-0.2, 0) is 16.2 Å². The summed E-state index contributed by atoms with van der Waals surface area (Å²) in [4.78, 5) is 39.1. The number of ether oxygens (including phenoxy) is 3. The number of urea groups is 1. The Labute approximate surface area is 189 Å². The van der Waals surface area contributed by atoms with Crippen molar-refractivity contribution < 1.29 is 28.6 Å². The highest BCUT2D eigenvalue weighted by atomic mass is 16.7. The number of para-hydroxylation sites is 1. The first kappa shape index (κ1) is 20.3. The fourth-order valence-electron chi connectivity index (χ4n) is 3.54. The van der Waals surface area contributed by atoms with Gasteiger partial charge >= 0.3 is 6.03 Å². The third kappa shape index (κ3) is 4.01. The minimum atomic E-state index is -0.838. The zero-order valence-corrected chi connectivity index (χ0v) is 17.3. The van der Waals surface area contributed by atoms with E-state index in [0.717, 1.165) is 10.5 Å². The predicted molar refractivity (Wildman–Crippen MR) is 119 cm³/mol. The molecule has 5 rings (SSSR count). The maximum Gasteiger partial charge on any atom is 0.335 e. The van der Waals surface area contributed by atoms with Crippen molar-refractivity contribution in [2.75, 3.05) is 11.7 Å². The normalized spacial score (nSPS) is 16.2. The van der Waals surface area contributed by atoms with Crippen LogP contribution in [0.4, 0.5) is 10.5 Å². The summed E-state index contributed by atoms with van der Waals surface area (Å²) in [5, 5.41) is 2.22. The molecular formula is C25H18N2O6. The van der Waals surface area contributed by atoms with E-state index in [9.17, 15) is 14.4 Å². The lowest BCUT2D eigenvalue weighted by Gasteiger charge is -2.26. The minimum Gasteiger partial charge on any atom is -0.488 e. The lowest BCUT2D eigenvalue weighted by molar-refractivity contribution is -0.122. The van der Waals surface area contributed by atoms with Gasteiger partial charge in [0.15, 0.2) is 11.5 Å². The molecule has 1 saturated heterocycles. The predicted octanol–water partition coefficient (Wildman–Crippen LogP) is 3.66. The SMILES string of the molecule is O=C1NC(=O)N(c2ccc3c(c2)OCO3)C(=O)/C1=C/c1ccccc1OCc1ccccc1. The topological polar surface area (TPSA) is 94.2 Å². The summed E-state index contributed by atoms with van der Waals surface area (Å²) in [6.45, 7) is 0.380. The number of hydrogen-bond acceptors (Lipinski definition) is 6. The van der Waals surface area contributed by atoms with Crippen LogP contribution in [0, 0.1) is 0 Å². The maximum atomic E-state index is 13.2. The molecule has 0 aromatic heterocycles. The Balaban J connectivity index is 1.45. The average Bonchev–Trinajstić information content (AvgIpc) is 3.30. The lowest BCUT2D eigenvalue weighted by Crippen LogP contribution is -2.54. The Kier molecular flexibility index (Phi) is 5.24. The van der Waals surface area contributed by atoms with E-state index in [4.69, 9.17) is 14.2 Å². The molecule has 2 aliphatic rings. The first-order chi connectivity index (χ1) is 16.1. The van der Waals surface area contributed by atoms with Crippen LogP contribution in [0.25, 0.3) is 6.08 Å². The van der Waals surface area contributed by atoms with Crippen molar-refractivity contribution in [3.05, 3.63) is 89.5 Å². The Hall–Kier alpha value is -4.59. The first-order valence-electron chi connectivity index (χ1n) is 10.2. The Morgan fingerprint density at radius 3 is 2.52 bits per heavy atom. The number of hydrogen-bond donors (Lipinski definition) is 1. The van der Waals surface area contributed by atoms with E-state index in [-0.39, 0.29) is 18.1 Å². The Bertz CT molecular complexity index is 1290. The van der Waals surface area contributed by atoms with Gasteiger partial charge in [0.1, 0.15) is 17.9 Å². The highest BCUT2D eigenvalue weighted by Gasteiger charge is 2.37. The highest BCUT2D eigenvalue weighted by Crippen LogP contribution is 2.36. The van der Waals surface area contributed by atoms with Crippen molar-refractivity contribution in [2.24, 2.45) is 0 Å². The number of amides is 4. The van der Waals surface area contributed by atoms with E-state index in [1.807, 2.05) is 30.3 Å². The fourth-order valence-corrected chi connectivity index (χ4v) is 3.54. The Morgan fingerprint density at radius 1 is 0.909 bits per heavy atom. The molecule has 0 unspecified atom stereocenters. The molecule has 2 heterocycles. The summed E-state index contributed by atoms with van der Waals surface area (Å²) < 4.78 is 16.5. The summed E-state index contributed by atoms with van der Waals surface area (Å²) in [5.41, 5.74) is 1.58. The largest absolute Gasteiger partial charge is 0.488 e. The van der Waals surface area contributed by atoms with Crippen molar-refractivity contribution in [3.63, 3.8) is 0 Å². The molecule has 8 nitrogen and oxygen atoms in total. The van der Waals surface area contributed by atoms with Gasteiger partial charge in [-0.15, -0.1) is 0 Å². The minimum absolute atomic E-state index is 0.0579. The van der Waals surface area contributed by atoms with E-state index in [1.165, 1.54) is 12.1 Å². The van der Waals surface area contributed by atoms with Gasteiger partial charge < -0.3 is 14.2 Å². The molecule has 2 aliphatic heterocycles. The van der Waals surface area contributed by atoms with Gasteiger partial charge in [-0.25, -0.2) is 9.69 Å². The summed E-state index contributed by atoms with van der Waals surface area (Å²) >= 11 is 0. The number of benzene rings is 3. The monoisotopic (exact) mass is 442 g/mol. The molecule has 0 aliphatic carbocycles. The van der Waals surface area contributed by atoms with Crippen LogP contribution in [0.15, 0.2) is 78.4 Å². The second kappa shape index (κ2) is 8.51. The Morgan fingerprint density at radius 2 is 1.67 bits per heavy atom. The first-order valence-corrected chi connectivity index (χ1v) is 10.2. The van der Waals surface area contributed by atoms with Gasteiger partial charge in [-0.2, -0.15) is 0 Å². The van der Waals surface area contributed by atoms with Crippen molar-refractivity contribution in [1.82, 2.24) is 5.32 Å². The number of barbiturate groups is 1. The molecule has 0 saturated carbocycles. The zero-order valence-electron chi connectivity index (χ0n) is 17.3. The standard InChI is InChI=1S/C25H18N2O6/c28-23-19(12-17-8-4-5-9-20(17)31-14-16-6-2-1-3-7-16)24(29)27(25(30)26-23)18-10-11-21-22(13-18)33-15-32-21/h1-13H,14-15H2,(H,26,28,30)/b19-12+. The van der Waals surface area contributed by atoms with Gasteiger partial charge in [-0.1, -0.05) is 48.5 Å².